The van der Waals surface area contributed by atoms with Crippen molar-refractivity contribution in [2.75, 3.05) is 5.32 Å². The van der Waals surface area contributed by atoms with Crippen molar-refractivity contribution in [2.24, 2.45) is 7.05 Å². The van der Waals surface area contributed by atoms with Crippen LogP contribution in [0.5, 0.6) is 0 Å². The fourth-order valence-corrected chi connectivity index (χ4v) is 1.95. The van der Waals surface area contributed by atoms with E-state index in [1.165, 1.54) is 4.68 Å². The molecule has 20 heavy (non-hydrogen) atoms. The molecular formula is C13H13N5O2. The van der Waals surface area contributed by atoms with Crippen molar-refractivity contribution >= 4 is 11.5 Å². The summed E-state index contributed by atoms with van der Waals surface area (Å²) in [6.45, 7) is 2.02. The van der Waals surface area contributed by atoms with Gasteiger partial charge in [-0.15, -0.1) is 0 Å². The summed E-state index contributed by atoms with van der Waals surface area (Å²) >= 11 is 0. The number of aryl methyl sites for hydroxylation is 2. The molecule has 0 amide bonds. The molecule has 1 heterocycles. The zero-order valence-electron chi connectivity index (χ0n) is 11.1. The zero-order valence-corrected chi connectivity index (χ0v) is 11.1. The molecule has 0 saturated heterocycles. The normalized spacial score (nSPS) is 10.1. The Labute approximate surface area is 115 Å². The number of nitrogens with zero attached hydrogens (tertiary/aromatic N) is 4. The topological polar surface area (TPSA) is 96.8 Å². The number of anilines is 1. The van der Waals surface area contributed by atoms with Crippen LogP contribution in [0, 0.1) is 28.4 Å². The number of rotatable bonds is 4. The van der Waals surface area contributed by atoms with Crippen molar-refractivity contribution in [2.45, 2.75) is 13.5 Å². The molecule has 0 aliphatic carbocycles. The van der Waals surface area contributed by atoms with Gasteiger partial charge in [-0.2, -0.15) is 10.4 Å². The van der Waals surface area contributed by atoms with Crippen LogP contribution in [0.2, 0.25) is 0 Å². The van der Waals surface area contributed by atoms with Gasteiger partial charge in [0.05, 0.1) is 16.6 Å². The second-order valence-electron chi connectivity index (χ2n) is 4.33. The highest BCUT2D eigenvalue weighted by Crippen LogP contribution is 2.27. The largest absolute Gasteiger partial charge is 0.360 e. The minimum absolute atomic E-state index is 0.0128. The lowest BCUT2D eigenvalue weighted by atomic mass is 10.1. The fourth-order valence-electron chi connectivity index (χ4n) is 1.95. The van der Waals surface area contributed by atoms with E-state index in [0.29, 0.717) is 23.6 Å². The van der Waals surface area contributed by atoms with Crippen molar-refractivity contribution in [1.82, 2.24) is 9.78 Å². The van der Waals surface area contributed by atoms with Gasteiger partial charge in [0.1, 0.15) is 5.69 Å². The number of hydrogen-bond donors (Lipinski definition) is 1. The van der Waals surface area contributed by atoms with Gasteiger partial charge in [0.25, 0.3) is 0 Å². The molecule has 0 aliphatic heterocycles. The van der Waals surface area contributed by atoms with Crippen LogP contribution >= 0.6 is 0 Å². The lowest BCUT2D eigenvalue weighted by molar-refractivity contribution is -0.384. The molecule has 0 atom stereocenters. The molecule has 1 aromatic heterocycles. The van der Waals surface area contributed by atoms with Crippen LogP contribution in [0.4, 0.5) is 11.5 Å². The third-order valence-electron chi connectivity index (χ3n) is 2.92. The molecule has 2 rings (SSSR count). The van der Waals surface area contributed by atoms with Crippen molar-refractivity contribution in [3.05, 3.63) is 51.2 Å². The van der Waals surface area contributed by atoms with Crippen LogP contribution in [-0.4, -0.2) is 14.7 Å². The van der Waals surface area contributed by atoms with E-state index in [2.05, 4.69) is 10.4 Å². The van der Waals surface area contributed by atoms with Crippen molar-refractivity contribution < 1.29 is 4.92 Å². The van der Waals surface area contributed by atoms with E-state index in [4.69, 9.17) is 5.26 Å². The molecule has 0 unspecified atom stereocenters. The first-order valence-corrected chi connectivity index (χ1v) is 5.94. The van der Waals surface area contributed by atoms with Gasteiger partial charge >= 0.3 is 5.69 Å². The summed E-state index contributed by atoms with van der Waals surface area (Å²) in [5.41, 5.74) is 1.87. The van der Waals surface area contributed by atoms with E-state index >= 15 is 0 Å². The second-order valence-corrected chi connectivity index (χ2v) is 4.33. The number of hydrogen-bond acceptors (Lipinski definition) is 5. The first kappa shape index (κ1) is 13.5. The summed E-state index contributed by atoms with van der Waals surface area (Å²) in [5, 5.41) is 26.8. The Balaban J connectivity index is 2.18. The highest BCUT2D eigenvalue weighted by atomic mass is 16.6. The molecule has 0 spiro atoms. The predicted molar refractivity (Wildman–Crippen MR) is 73.1 cm³/mol. The third kappa shape index (κ3) is 2.59. The average Bonchev–Trinajstić information content (AvgIpc) is 2.71. The van der Waals surface area contributed by atoms with Crippen LogP contribution in [0.3, 0.4) is 0 Å². The van der Waals surface area contributed by atoms with E-state index in [0.717, 1.165) is 5.56 Å². The van der Waals surface area contributed by atoms with Gasteiger partial charge in [0, 0.05) is 13.6 Å². The Morgan fingerprint density at radius 2 is 2.10 bits per heavy atom. The minimum Gasteiger partial charge on any atom is -0.360 e. The van der Waals surface area contributed by atoms with Crippen molar-refractivity contribution in [3.8, 4) is 6.07 Å². The SMILES string of the molecule is Cc1nn(C)c(NCc2ccc(C#N)cc2)c1[N+](=O)[O-]. The van der Waals surface area contributed by atoms with Gasteiger partial charge in [-0.3, -0.25) is 10.1 Å². The highest BCUT2D eigenvalue weighted by Gasteiger charge is 2.23. The molecule has 0 radical (unpaired) electrons. The van der Waals surface area contributed by atoms with Crippen molar-refractivity contribution in [3.63, 3.8) is 0 Å². The lowest BCUT2D eigenvalue weighted by Crippen LogP contribution is -2.06. The van der Waals surface area contributed by atoms with Gasteiger partial charge < -0.3 is 5.32 Å². The molecule has 2 aromatic rings. The first-order chi connectivity index (χ1) is 9.52. The number of aromatic nitrogens is 2. The number of nitrogens with one attached hydrogen (secondary N) is 1. The number of nitriles is 1. The molecule has 1 N–H and O–H groups in total. The summed E-state index contributed by atoms with van der Waals surface area (Å²) in [7, 11) is 1.65. The molecule has 0 aliphatic rings. The molecule has 7 nitrogen and oxygen atoms in total. The van der Waals surface area contributed by atoms with Gasteiger partial charge in [-0.05, 0) is 24.6 Å². The minimum atomic E-state index is -0.441. The Morgan fingerprint density at radius 1 is 1.45 bits per heavy atom. The van der Waals surface area contributed by atoms with E-state index in [1.54, 1.807) is 38.2 Å². The maximum Gasteiger partial charge on any atom is 0.333 e. The maximum atomic E-state index is 11.0. The summed E-state index contributed by atoms with van der Waals surface area (Å²) in [6.07, 6.45) is 0. The molecular weight excluding hydrogens is 258 g/mol. The first-order valence-electron chi connectivity index (χ1n) is 5.94. The van der Waals surface area contributed by atoms with Crippen molar-refractivity contribution in [1.29, 1.82) is 5.26 Å². The molecule has 0 bridgehead atoms. The van der Waals surface area contributed by atoms with Gasteiger partial charge in [0.15, 0.2) is 0 Å². The summed E-state index contributed by atoms with van der Waals surface area (Å²) in [5.74, 6) is 0.372. The van der Waals surface area contributed by atoms with E-state index < -0.39 is 4.92 Å². The standard InChI is InChI=1S/C13H13N5O2/c1-9-12(18(19)20)13(17(2)16-9)15-8-11-5-3-10(7-14)4-6-11/h3-6,15H,8H2,1-2H3. The van der Waals surface area contributed by atoms with E-state index in [1.807, 2.05) is 6.07 Å². The summed E-state index contributed by atoms with van der Waals surface area (Å²) in [6, 6.07) is 9.07. The summed E-state index contributed by atoms with van der Waals surface area (Å²) < 4.78 is 1.46. The number of nitro groups is 1. The zero-order chi connectivity index (χ0) is 14.7. The van der Waals surface area contributed by atoms with Gasteiger partial charge in [-0.25, -0.2) is 4.68 Å². The molecule has 7 heteroatoms. The second kappa shape index (κ2) is 5.40. The Morgan fingerprint density at radius 3 is 2.65 bits per heavy atom. The molecule has 0 fully saturated rings. The maximum absolute atomic E-state index is 11.0. The molecule has 1 aromatic carbocycles. The molecule has 102 valence electrons. The third-order valence-corrected chi connectivity index (χ3v) is 2.92. The number of benzene rings is 1. The lowest BCUT2D eigenvalue weighted by Gasteiger charge is -2.06. The van der Waals surface area contributed by atoms with E-state index in [9.17, 15) is 10.1 Å². The van der Waals surface area contributed by atoms with Crippen LogP contribution in [-0.2, 0) is 13.6 Å². The monoisotopic (exact) mass is 271 g/mol. The van der Waals surface area contributed by atoms with E-state index in [-0.39, 0.29) is 5.69 Å². The Bertz CT molecular complexity index is 682. The average molecular weight is 271 g/mol. The van der Waals surface area contributed by atoms with Gasteiger partial charge in [-0.1, -0.05) is 12.1 Å². The Hall–Kier alpha value is -2.88. The fraction of sp³-hybridized carbons (Fsp3) is 0.231. The summed E-state index contributed by atoms with van der Waals surface area (Å²) in [4.78, 5) is 10.6. The van der Waals surface area contributed by atoms with Crippen LogP contribution in [0.1, 0.15) is 16.8 Å². The van der Waals surface area contributed by atoms with Gasteiger partial charge in [0.2, 0.25) is 5.82 Å². The van der Waals surface area contributed by atoms with Crippen LogP contribution in [0.15, 0.2) is 24.3 Å². The van der Waals surface area contributed by atoms with Crippen LogP contribution in [0.25, 0.3) is 0 Å². The Kier molecular flexibility index (Phi) is 3.66. The molecule has 0 saturated carbocycles. The predicted octanol–water partition coefficient (Wildman–Crippen LogP) is 2.12. The highest BCUT2D eigenvalue weighted by molar-refractivity contribution is 5.59. The quantitative estimate of drug-likeness (QED) is 0.678. The smallest absolute Gasteiger partial charge is 0.333 e. The van der Waals surface area contributed by atoms with Crippen LogP contribution < -0.4 is 5.32 Å².